The molecule has 5 nitrogen and oxygen atoms in total. The summed E-state index contributed by atoms with van der Waals surface area (Å²) < 4.78 is 33.9. The fourth-order valence-corrected chi connectivity index (χ4v) is 5.83. The fraction of sp³-hybridized carbons (Fsp3) is 0.208. The van der Waals surface area contributed by atoms with Crippen LogP contribution in [0.2, 0.25) is 0 Å². The maximum absolute atomic E-state index is 13.2. The van der Waals surface area contributed by atoms with Gasteiger partial charge in [-0.15, -0.1) is 0 Å². The summed E-state index contributed by atoms with van der Waals surface area (Å²) in [6.07, 6.45) is 1.48. The van der Waals surface area contributed by atoms with Gasteiger partial charge in [-0.25, -0.2) is 13.4 Å². The van der Waals surface area contributed by atoms with Gasteiger partial charge in [0, 0.05) is 6.54 Å². The molecule has 5 rings (SSSR count). The van der Waals surface area contributed by atoms with Crippen molar-refractivity contribution < 1.29 is 12.8 Å². The molecule has 0 radical (unpaired) electrons. The normalized spacial score (nSPS) is 17.6. The lowest BCUT2D eigenvalue weighted by molar-refractivity contribution is 0.337. The molecule has 1 aliphatic rings. The van der Waals surface area contributed by atoms with Gasteiger partial charge in [-0.05, 0) is 60.7 Å². The fourth-order valence-electron chi connectivity index (χ4n) is 4.15. The van der Waals surface area contributed by atoms with Gasteiger partial charge in [-0.3, -0.25) is 0 Å². The Morgan fingerprint density at radius 2 is 1.77 bits per heavy atom. The summed E-state index contributed by atoms with van der Waals surface area (Å²) in [6.45, 7) is 2.55. The Morgan fingerprint density at radius 1 is 1.00 bits per heavy atom. The van der Waals surface area contributed by atoms with Crippen LogP contribution in [0.5, 0.6) is 0 Å². The van der Waals surface area contributed by atoms with Crippen molar-refractivity contribution >= 4 is 21.1 Å². The first-order chi connectivity index (χ1) is 14.5. The first-order valence-corrected chi connectivity index (χ1v) is 11.5. The molecular weight excluding hydrogens is 396 g/mol. The third-order valence-electron chi connectivity index (χ3n) is 5.70. The highest BCUT2D eigenvalue weighted by Gasteiger charge is 2.38. The molecule has 0 N–H and O–H groups in total. The minimum atomic E-state index is -3.60. The molecule has 2 heterocycles. The number of nitrogens with zero attached hydrogens (tertiary/aromatic N) is 2. The molecule has 0 saturated carbocycles. The second-order valence-electron chi connectivity index (χ2n) is 7.64. The molecule has 4 aromatic rings. The Kier molecular flexibility index (Phi) is 4.68. The highest BCUT2D eigenvalue weighted by Crippen LogP contribution is 2.38. The maximum atomic E-state index is 13.2. The topological polar surface area (TPSA) is 63.4 Å². The average molecular weight is 419 g/mol. The van der Waals surface area contributed by atoms with E-state index in [0.29, 0.717) is 29.3 Å². The van der Waals surface area contributed by atoms with Crippen LogP contribution in [0.25, 0.3) is 22.2 Å². The predicted octanol–water partition coefficient (Wildman–Crippen LogP) is 5.33. The van der Waals surface area contributed by atoms with E-state index in [1.807, 2.05) is 36.4 Å². The number of hydrogen-bond donors (Lipinski definition) is 0. The minimum absolute atomic E-state index is 0.301. The number of benzene rings is 3. The molecule has 0 bridgehead atoms. The van der Waals surface area contributed by atoms with Crippen molar-refractivity contribution in [2.45, 2.75) is 30.7 Å². The number of rotatable bonds is 4. The number of sulfonamides is 1. The van der Waals surface area contributed by atoms with E-state index in [1.165, 1.54) is 9.87 Å². The maximum Gasteiger partial charge on any atom is 0.243 e. The summed E-state index contributed by atoms with van der Waals surface area (Å²) in [6, 6.07) is 22.3. The van der Waals surface area contributed by atoms with E-state index in [9.17, 15) is 8.42 Å². The molecule has 6 heteroatoms. The lowest BCUT2D eigenvalue weighted by Crippen LogP contribution is -2.30. The zero-order valence-corrected chi connectivity index (χ0v) is 17.5. The van der Waals surface area contributed by atoms with Crippen LogP contribution in [0.1, 0.15) is 30.3 Å². The smallest absolute Gasteiger partial charge is 0.243 e. The summed E-state index contributed by atoms with van der Waals surface area (Å²) in [5.74, 6) is 0.462. The largest absolute Gasteiger partial charge is 0.439 e. The third kappa shape index (κ3) is 3.22. The van der Waals surface area contributed by atoms with Gasteiger partial charge in [-0.1, -0.05) is 48.5 Å². The minimum Gasteiger partial charge on any atom is -0.439 e. The van der Waals surface area contributed by atoms with Crippen LogP contribution in [0, 0.1) is 6.92 Å². The first kappa shape index (κ1) is 19.0. The Bertz CT molecular complexity index is 1310. The van der Waals surface area contributed by atoms with Crippen LogP contribution in [-0.2, 0) is 10.0 Å². The Morgan fingerprint density at radius 3 is 2.57 bits per heavy atom. The van der Waals surface area contributed by atoms with E-state index in [4.69, 9.17) is 9.40 Å². The van der Waals surface area contributed by atoms with Crippen molar-refractivity contribution in [2.75, 3.05) is 6.54 Å². The molecule has 152 valence electrons. The third-order valence-corrected chi connectivity index (χ3v) is 7.62. The quantitative estimate of drug-likeness (QED) is 0.449. The Hall–Kier alpha value is -2.96. The van der Waals surface area contributed by atoms with Crippen molar-refractivity contribution in [3.63, 3.8) is 0 Å². The van der Waals surface area contributed by atoms with E-state index in [-0.39, 0.29) is 6.04 Å². The number of fused-ring (bicyclic) bond motifs is 1. The van der Waals surface area contributed by atoms with Crippen LogP contribution in [0.4, 0.5) is 0 Å². The van der Waals surface area contributed by atoms with E-state index >= 15 is 0 Å². The van der Waals surface area contributed by atoms with Gasteiger partial charge in [0.1, 0.15) is 11.6 Å². The molecule has 0 unspecified atom stereocenters. The molecular formula is C24H22N2O3S. The molecule has 0 spiro atoms. The van der Waals surface area contributed by atoms with Crippen molar-refractivity contribution in [3.05, 3.63) is 84.3 Å². The molecule has 1 aromatic heterocycles. The molecule has 30 heavy (non-hydrogen) atoms. The molecule has 0 amide bonds. The van der Waals surface area contributed by atoms with Crippen LogP contribution in [0.3, 0.4) is 0 Å². The van der Waals surface area contributed by atoms with Crippen molar-refractivity contribution in [1.82, 2.24) is 9.29 Å². The summed E-state index contributed by atoms with van der Waals surface area (Å²) >= 11 is 0. The highest BCUT2D eigenvalue weighted by atomic mass is 32.2. The van der Waals surface area contributed by atoms with E-state index in [1.54, 1.807) is 24.3 Å². The zero-order valence-electron chi connectivity index (χ0n) is 16.7. The Labute approximate surface area is 176 Å². The standard InChI is InChI=1S/C24H22N2O3S/c1-17-8-5-6-11-20(17)18-13-14-23-21(16-18)25-24(29-23)22-12-7-15-26(22)30(27,28)19-9-3-2-4-10-19/h2-6,8-11,13-14,16,22H,7,12,15H2,1H3/t22-/m0/s1. The predicted molar refractivity (Wildman–Crippen MR) is 116 cm³/mol. The van der Waals surface area contributed by atoms with Crippen molar-refractivity contribution in [2.24, 2.45) is 0 Å². The number of aryl methyl sites for hydroxylation is 1. The number of oxazole rings is 1. The summed E-state index contributed by atoms with van der Waals surface area (Å²) in [5, 5.41) is 0. The molecule has 0 aliphatic carbocycles. The van der Waals surface area contributed by atoms with Crippen LogP contribution in [-0.4, -0.2) is 24.3 Å². The molecule has 3 aromatic carbocycles. The molecule has 1 atom stereocenters. The van der Waals surface area contributed by atoms with Gasteiger partial charge in [0.2, 0.25) is 15.9 Å². The van der Waals surface area contributed by atoms with Gasteiger partial charge < -0.3 is 4.42 Å². The second kappa shape index (κ2) is 7.38. The van der Waals surface area contributed by atoms with Gasteiger partial charge in [0.15, 0.2) is 5.58 Å². The summed E-state index contributed by atoms with van der Waals surface area (Å²) in [5.41, 5.74) is 4.83. The highest BCUT2D eigenvalue weighted by molar-refractivity contribution is 7.89. The van der Waals surface area contributed by atoms with Gasteiger partial charge in [0.05, 0.1) is 4.90 Å². The van der Waals surface area contributed by atoms with Crippen molar-refractivity contribution in [3.8, 4) is 11.1 Å². The Balaban J connectivity index is 1.52. The summed E-state index contributed by atoms with van der Waals surface area (Å²) in [7, 11) is -3.60. The van der Waals surface area contributed by atoms with E-state index in [0.717, 1.165) is 23.1 Å². The first-order valence-electron chi connectivity index (χ1n) is 10.1. The molecule has 1 fully saturated rings. The average Bonchev–Trinajstić information content (AvgIpc) is 3.41. The number of hydrogen-bond acceptors (Lipinski definition) is 4. The SMILES string of the molecule is Cc1ccccc1-c1ccc2oc([C@@H]3CCCN3S(=O)(=O)c3ccccc3)nc2c1. The zero-order chi connectivity index (χ0) is 20.7. The van der Waals surface area contributed by atoms with E-state index in [2.05, 4.69) is 19.1 Å². The van der Waals surface area contributed by atoms with Crippen LogP contribution >= 0.6 is 0 Å². The number of aromatic nitrogens is 1. The van der Waals surface area contributed by atoms with Gasteiger partial charge in [0.25, 0.3) is 0 Å². The lowest BCUT2D eigenvalue weighted by Gasteiger charge is -2.21. The van der Waals surface area contributed by atoms with Crippen LogP contribution < -0.4 is 0 Å². The molecule has 1 saturated heterocycles. The summed E-state index contributed by atoms with van der Waals surface area (Å²) in [4.78, 5) is 5.00. The second-order valence-corrected chi connectivity index (χ2v) is 9.53. The lowest BCUT2D eigenvalue weighted by atomic mass is 10.0. The van der Waals surface area contributed by atoms with Crippen molar-refractivity contribution in [1.29, 1.82) is 0 Å². The van der Waals surface area contributed by atoms with E-state index < -0.39 is 10.0 Å². The van der Waals surface area contributed by atoms with Gasteiger partial charge in [-0.2, -0.15) is 4.31 Å². The molecule has 1 aliphatic heterocycles. The van der Waals surface area contributed by atoms with Gasteiger partial charge >= 0.3 is 0 Å². The van der Waals surface area contributed by atoms with Crippen LogP contribution in [0.15, 0.2) is 82.1 Å². The monoisotopic (exact) mass is 418 g/mol.